The molecule has 0 aromatic carbocycles. The number of carbonyl (C=O) groups excluding carboxylic acids is 1. The molecule has 14 heavy (non-hydrogen) atoms. The summed E-state index contributed by atoms with van der Waals surface area (Å²) in [6.45, 7) is 6.82. The summed E-state index contributed by atoms with van der Waals surface area (Å²) < 4.78 is 0. The maximum Gasteiger partial charge on any atom is 0.123 e. The van der Waals surface area contributed by atoms with E-state index in [1.54, 1.807) is 0 Å². The van der Waals surface area contributed by atoms with Crippen LogP contribution in [0.5, 0.6) is 0 Å². The van der Waals surface area contributed by atoms with Crippen LogP contribution in [0.15, 0.2) is 11.6 Å². The van der Waals surface area contributed by atoms with Crippen molar-refractivity contribution in [3.63, 3.8) is 0 Å². The van der Waals surface area contributed by atoms with Gasteiger partial charge in [0.25, 0.3) is 0 Å². The average molecular weight is 192 g/mol. The zero-order valence-electron chi connectivity index (χ0n) is 9.36. The van der Waals surface area contributed by atoms with Crippen LogP contribution in [-0.4, -0.2) is 6.29 Å². The van der Waals surface area contributed by atoms with Crippen molar-refractivity contribution in [2.45, 2.75) is 33.6 Å². The van der Waals surface area contributed by atoms with E-state index in [0.717, 1.165) is 18.3 Å². The third kappa shape index (κ3) is 1.43. The molecule has 0 spiro atoms. The quantitative estimate of drug-likeness (QED) is 0.485. The van der Waals surface area contributed by atoms with E-state index in [2.05, 4.69) is 26.8 Å². The molecular formula is C13H20O. The van der Waals surface area contributed by atoms with E-state index in [1.807, 2.05) is 0 Å². The lowest BCUT2D eigenvalue weighted by atomic mass is 9.59. The zero-order chi connectivity index (χ0) is 10.3. The topological polar surface area (TPSA) is 17.1 Å². The standard InChI is InChI=1S/C13H20O/c1-8(2)12-6-13-9(3)4-10(12)5-11(13)7-14/h4,7-8,10-13H,5-6H2,1-3H3/t10-,11-,12-,13+/m1/s1. The molecule has 0 radical (unpaired) electrons. The summed E-state index contributed by atoms with van der Waals surface area (Å²) in [7, 11) is 0. The molecule has 0 aromatic heterocycles. The first-order valence-electron chi connectivity index (χ1n) is 5.77. The van der Waals surface area contributed by atoms with Gasteiger partial charge in [-0.15, -0.1) is 0 Å². The monoisotopic (exact) mass is 192 g/mol. The molecule has 3 aliphatic carbocycles. The highest BCUT2D eigenvalue weighted by atomic mass is 16.1. The molecule has 0 aliphatic heterocycles. The van der Waals surface area contributed by atoms with Gasteiger partial charge in [0, 0.05) is 5.92 Å². The summed E-state index contributed by atoms with van der Waals surface area (Å²) in [6.07, 6.45) is 5.96. The fourth-order valence-electron chi connectivity index (χ4n) is 3.39. The number of aldehydes is 1. The summed E-state index contributed by atoms with van der Waals surface area (Å²) in [6, 6.07) is 0. The van der Waals surface area contributed by atoms with E-state index < -0.39 is 0 Å². The first kappa shape index (κ1) is 9.95. The Balaban J connectivity index is 2.22. The van der Waals surface area contributed by atoms with Gasteiger partial charge in [-0.1, -0.05) is 25.5 Å². The van der Waals surface area contributed by atoms with Crippen molar-refractivity contribution in [3.05, 3.63) is 11.6 Å². The molecule has 0 saturated heterocycles. The normalized spacial score (nSPS) is 41.3. The Morgan fingerprint density at radius 1 is 1.43 bits per heavy atom. The third-order valence-corrected chi connectivity index (χ3v) is 4.23. The van der Waals surface area contributed by atoms with Crippen molar-refractivity contribution in [1.29, 1.82) is 0 Å². The number of hydrogen-bond donors (Lipinski definition) is 0. The van der Waals surface area contributed by atoms with Crippen molar-refractivity contribution < 1.29 is 4.79 Å². The lowest BCUT2D eigenvalue weighted by molar-refractivity contribution is -0.114. The van der Waals surface area contributed by atoms with Gasteiger partial charge in [0.15, 0.2) is 0 Å². The first-order chi connectivity index (χ1) is 6.63. The predicted octanol–water partition coefficient (Wildman–Crippen LogP) is 3.06. The van der Waals surface area contributed by atoms with Crippen LogP contribution < -0.4 is 0 Å². The lowest BCUT2D eigenvalue weighted by Crippen LogP contribution is -2.39. The molecule has 2 bridgehead atoms. The van der Waals surface area contributed by atoms with Crippen molar-refractivity contribution >= 4 is 6.29 Å². The average Bonchev–Trinajstić information content (AvgIpc) is 2.16. The van der Waals surface area contributed by atoms with E-state index in [-0.39, 0.29) is 0 Å². The highest BCUT2D eigenvalue weighted by molar-refractivity contribution is 5.56. The molecule has 1 heteroatoms. The molecule has 0 unspecified atom stereocenters. The van der Waals surface area contributed by atoms with Crippen LogP contribution in [0.2, 0.25) is 0 Å². The van der Waals surface area contributed by atoms with Gasteiger partial charge in [0.05, 0.1) is 0 Å². The van der Waals surface area contributed by atoms with Crippen LogP contribution in [0, 0.1) is 29.6 Å². The van der Waals surface area contributed by atoms with Crippen LogP contribution in [0.25, 0.3) is 0 Å². The molecule has 1 nitrogen and oxygen atoms in total. The second kappa shape index (κ2) is 3.52. The van der Waals surface area contributed by atoms with E-state index in [1.165, 1.54) is 18.3 Å². The largest absolute Gasteiger partial charge is 0.303 e. The Morgan fingerprint density at radius 2 is 2.14 bits per heavy atom. The zero-order valence-corrected chi connectivity index (χ0v) is 9.36. The van der Waals surface area contributed by atoms with Gasteiger partial charge < -0.3 is 4.79 Å². The Hall–Kier alpha value is -0.590. The van der Waals surface area contributed by atoms with E-state index in [0.29, 0.717) is 17.8 Å². The molecule has 3 rings (SSSR count). The number of carbonyl (C=O) groups is 1. The Kier molecular flexibility index (Phi) is 2.50. The van der Waals surface area contributed by atoms with Crippen LogP contribution >= 0.6 is 0 Å². The molecule has 3 aliphatic rings. The Bertz CT molecular complexity index is 264. The van der Waals surface area contributed by atoms with E-state index >= 15 is 0 Å². The fourth-order valence-corrected chi connectivity index (χ4v) is 3.39. The number of fused-ring (bicyclic) bond motifs is 2. The second-order valence-corrected chi connectivity index (χ2v) is 5.36. The number of rotatable bonds is 2. The maximum atomic E-state index is 10.9. The van der Waals surface area contributed by atoms with Crippen LogP contribution in [0.3, 0.4) is 0 Å². The maximum absolute atomic E-state index is 10.9. The van der Waals surface area contributed by atoms with E-state index in [4.69, 9.17) is 0 Å². The lowest BCUT2D eigenvalue weighted by Gasteiger charge is -2.45. The van der Waals surface area contributed by atoms with Crippen molar-refractivity contribution in [3.8, 4) is 0 Å². The molecule has 1 fully saturated rings. The molecule has 0 amide bonds. The summed E-state index contributed by atoms with van der Waals surface area (Å²) >= 11 is 0. The third-order valence-electron chi connectivity index (χ3n) is 4.23. The van der Waals surface area contributed by atoms with Gasteiger partial charge >= 0.3 is 0 Å². The van der Waals surface area contributed by atoms with Gasteiger partial charge in [-0.25, -0.2) is 0 Å². The van der Waals surface area contributed by atoms with Crippen molar-refractivity contribution in [2.75, 3.05) is 0 Å². The first-order valence-corrected chi connectivity index (χ1v) is 5.77. The number of allylic oxidation sites excluding steroid dienone is 2. The molecule has 78 valence electrons. The fraction of sp³-hybridized carbons (Fsp3) is 0.769. The van der Waals surface area contributed by atoms with Gasteiger partial charge in [0.1, 0.15) is 6.29 Å². The minimum Gasteiger partial charge on any atom is -0.303 e. The van der Waals surface area contributed by atoms with Crippen molar-refractivity contribution in [1.82, 2.24) is 0 Å². The number of hydrogen-bond acceptors (Lipinski definition) is 1. The van der Waals surface area contributed by atoms with E-state index in [9.17, 15) is 4.79 Å². The van der Waals surface area contributed by atoms with Crippen LogP contribution in [0.4, 0.5) is 0 Å². The molecular weight excluding hydrogens is 172 g/mol. The molecule has 0 heterocycles. The SMILES string of the molecule is CC1=C[C@@H]2C[C@H](C=O)[C@H]1C[C@@H]2C(C)C. The van der Waals surface area contributed by atoms with Gasteiger partial charge in [-0.05, 0) is 43.4 Å². The molecule has 0 aromatic rings. The van der Waals surface area contributed by atoms with Gasteiger partial charge in [-0.2, -0.15) is 0 Å². The summed E-state index contributed by atoms with van der Waals surface area (Å²) in [4.78, 5) is 10.9. The predicted molar refractivity (Wildman–Crippen MR) is 57.9 cm³/mol. The summed E-state index contributed by atoms with van der Waals surface area (Å²) in [5, 5.41) is 0. The Labute approximate surface area is 86.6 Å². The highest BCUT2D eigenvalue weighted by Gasteiger charge is 2.41. The smallest absolute Gasteiger partial charge is 0.123 e. The Morgan fingerprint density at radius 3 is 2.64 bits per heavy atom. The second-order valence-electron chi connectivity index (χ2n) is 5.36. The highest BCUT2D eigenvalue weighted by Crippen LogP contribution is 2.49. The molecule has 4 atom stereocenters. The molecule has 0 N–H and O–H groups in total. The van der Waals surface area contributed by atoms with Gasteiger partial charge in [0.2, 0.25) is 0 Å². The van der Waals surface area contributed by atoms with Gasteiger partial charge in [-0.3, -0.25) is 0 Å². The summed E-state index contributed by atoms with van der Waals surface area (Å²) in [5.41, 5.74) is 1.47. The van der Waals surface area contributed by atoms with Crippen LogP contribution in [0.1, 0.15) is 33.6 Å². The minimum atomic E-state index is 0.319. The van der Waals surface area contributed by atoms with Crippen LogP contribution in [-0.2, 0) is 4.79 Å². The van der Waals surface area contributed by atoms with Crippen molar-refractivity contribution in [2.24, 2.45) is 29.6 Å². The minimum absolute atomic E-state index is 0.319. The summed E-state index contributed by atoms with van der Waals surface area (Å²) in [5.74, 6) is 3.14. The molecule has 1 saturated carbocycles.